The van der Waals surface area contributed by atoms with Crippen molar-refractivity contribution >= 4 is 24.2 Å². The molecule has 0 heterocycles. The van der Waals surface area contributed by atoms with E-state index in [1.807, 2.05) is 37.4 Å². The molecule has 6 rings (SSSR count). The number of esters is 1. The van der Waals surface area contributed by atoms with Crippen LogP contribution < -0.4 is 10.1 Å². The van der Waals surface area contributed by atoms with Crippen molar-refractivity contribution in [2.75, 3.05) is 13.6 Å². The zero-order chi connectivity index (χ0) is 33.1. The second kappa shape index (κ2) is 15.1. The van der Waals surface area contributed by atoms with Gasteiger partial charge in [-0.1, -0.05) is 55.8 Å². The lowest BCUT2D eigenvalue weighted by atomic mass is 9.48. The summed E-state index contributed by atoms with van der Waals surface area (Å²) >= 11 is 0. The van der Waals surface area contributed by atoms with Crippen molar-refractivity contribution in [2.45, 2.75) is 96.9 Å². The van der Waals surface area contributed by atoms with Gasteiger partial charge in [0.25, 0.3) is 0 Å². The lowest BCUT2D eigenvalue weighted by Gasteiger charge is -2.56. The number of ether oxygens (including phenoxy) is 2. The Hall–Kier alpha value is -2.84. The van der Waals surface area contributed by atoms with Gasteiger partial charge in [0.05, 0.1) is 5.56 Å². The number of allylic oxidation sites excluding steroid dienone is 1. The van der Waals surface area contributed by atoms with Crippen molar-refractivity contribution in [3.05, 3.63) is 77.4 Å². The van der Waals surface area contributed by atoms with E-state index in [2.05, 4.69) is 25.2 Å². The number of rotatable bonds is 7. The molecule has 0 saturated heterocycles. The number of ketones is 1. The monoisotopic (exact) mass is 675 g/mol. The highest BCUT2D eigenvalue weighted by Gasteiger charge is 2.58. The van der Waals surface area contributed by atoms with Crippen molar-refractivity contribution in [3.8, 4) is 5.75 Å². The third-order valence-corrected chi connectivity index (χ3v) is 11.4. The van der Waals surface area contributed by atoms with Gasteiger partial charge in [-0.3, -0.25) is 9.59 Å². The molecule has 0 aliphatic heterocycles. The van der Waals surface area contributed by atoms with Gasteiger partial charge in [-0.25, -0.2) is 0 Å². The first-order valence-electron chi connectivity index (χ1n) is 16.8. The molecular weight excluding hydrogens is 627 g/mol. The number of benzene rings is 2. The van der Waals surface area contributed by atoms with E-state index in [0.29, 0.717) is 29.3 Å². The minimum absolute atomic E-state index is 0. The molecule has 0 radical (unpaired) electrons. The summed E-state index contributed by atoms with van der Waals surface area (Å²) in [6.45, 7) is 6.94. The minimum Gasteiger partial charge on any atom is -0.486 e. The molecule has 0 bridgehead atoms. The maximum Gasteiger partial charge on any atom is 0.416 e. The molecule has 3 saturated carbocycles. The molecule has 2 aromatic carbocycles. The van der Waals surface area contributed by atoms with Gasteiger partial charge in [0.15, 0.2) is 0 Å². The van der Waals surface area contributed by atoms with E-state index in [1.165, 1.54) is 31.1 Å². The van der Waals surface area contributed by atoms with Crippen LogP contribution in [0.5, 0.6) is 5.75 Å². The first kappa shape index (κ1) is 37.0. The quantitative estimate of drug-likeness (QED) is 0.234. The highest BCUT2D eigenvalue weighted by molar-refractivity contribution is 5.87. The number of nitrogens with one attached hydrogen (secondary N) is 1. The Bertz CT molecular complexity index is 1400. The molecule has 258 valence electrons. The van der Waals surface area contributed by atoms with Crippen LogP contribution in [0.3, 0.4) is 0 Å². The Morgan fingerprint density at radius 1 is 0.979 bits per heavy atom. The van der Waals surface area contributed by atoms with Crippen LogP contribution in [-0.4, -0.2) is 31.4 Å². The molecule has 4 aliphatic rings. The van der Waals surface area contributed by atoms with Crippen molar-refractivity contribution < 1.29 is 32.2 Å². The van der Waals surface area contributed by atoms with E-state index < -0.39 is 11.7 Å². The Balaban J connectivity index is 0.000000209. The lowest BCUT2D eigenvalue weighted by molar-refractivity contribution is -0.148. The number of Topliss-reactive ketones (excluding diaryl/α,β-unsaturated/α-hetero) is 1. The summed E-state index contributed by atoms with van der Waals surface area (Å²) in [5.41, 5.74) is 2.06. The second-order valence-corrected chi connectivity index (χ2v) is 14.1. The molecule has 9 heteroatoms. The van der Waals surface area contributed by atoms with Gasteiger partial charge in [-0.05, 0) is 105 Å². The van der Waals surface area contributed by atoms with Crippen molar-refractivity contribution in [3.63, 3.8) is 0 Å². The number of carbonyl (C=O) groups excluding carboxylic acids is 2. The molecule has 7 atom stereocenters. The van der Waals surface area contributed by atoms with Crippen LogP contribution in [0.25, 0.3) is 0 Å². The number of alkyl halides is 3. The van der Waals surface area contributed by atoms with Gasteiger partial charge in [0, 0.05) is 31.6 Å². The fourth-order valence-corrected chi connectivity index (χ4v) is 8.86. The standard InChI is InChI=1S/C21H30O3.C17H18F3NO.ClH/c1-13(22)24-15-8-10-20(2)14(12-15)4-5-16-17-6-7-19(23)21(17,3)11-9-18(16)20;1-21-12-11-16(13-5-3-2-4-6-13)22-15-9-7-14(8-10-15)17(18,19)20;/h4,15-18H,5-12H2,1-3H3;2-10,16,21H,11-12H2,1H3;1H. The minimum atomic E-state index is -4.33. The maximum absolute atomic E-state index is 12.6. The third-order valence-electron chi connectivity index (χ3n) is 11.4. The molecule has 47 heavy (non-hydrogen) atoms. The fourth-order valence-electron chi connectivity index (χ4n) is 8.86. The molecule has 4 aliphatic carbocycles. The van der Waals surface area contributed by atoms with Gasteiger partial charge in [0.1, 0.15) is 23.7 Å². The molecule has 7 unspecified atom stereocenters. The molecular formula is C38H49ClF3NO4. The summed E-state index contributed by atoms with van der Waals surface area (Å²) in [6, 6.07) is 14.4. The van der Waals surface area contributed by atoms with Crippen LogP contribution in [0, 0.1) is 28.6 Å². The average Bonchev–Trinajstić information content (AvgIpc) is 3.33. The molecule has 0 spiro atoms. The predicted molar refractivity (Wildman–Crippen MR) is 179 cm³/mol. The maximum atomic E-state index is 12.6. The lowest BCUT2D eigenvalue weighted by Crippen LogP contribution is -2.50. The van der Waals surface area contributed by atoms with E-state index in [9.17, 15) is 22.8 Å². The summed E-state index contributed by atoms with van der Waals surface area (Å²) < 4.78 is 49.1. The number of hydrogen-bond donors (Lipinski definition) is 1. The highest BCUT2D eigenvalue weighted by atomic mass is 35.5. The Morgan fingerprint density at radius 3 is 2.28 bits per heavy atom. The highest BCUT2D eigenvalue weighted by Crippen LogP contribution is 2.64. The number of hydrogen-bond acceptors (Lipinski definition) is 5. The predicted octanol–water partition coefficient (Wildman–Crippen LogP) is 9.31. The average molecular weight is 676 g/mol. The molecule has 5 nitrogen and oxygen atoms in total. The van der Waals surface area contributed by atoms with Crippen molar-refractivity contribution in [2.24, 2.45) is 28.6 Å². The summed E-state index contributed by atoms with van der Waals surface area (Å²) in [6.07, 6.45) is 7.02. The van der Waals surface area contributed by atoms with Crippen LogP contribution in [0.1, 0.15) is 95.8 Å². The largest absolute Gasteiger partial charge is 0.486 e. The molecule has 0 amide bonds. The number of halogens is 4. The van der Waals surface area contributed by atoms with E-state index >= 15 is 0 Å². The van der Waals surface area contributed by atoms with Crippen LogP contribution in [0.2, 0.25) is 0 Å². The van der Waals surface area contributed by atoms with Crippen molar-refractivity contribution in [1.29, 1.82) is 0 Å². The van der Waals surface area contributed by atoms with Crippen LogP contribution in [-0.2, 0) is 20.5 Å². The van der Waals surface area contributed by atoms with Gasteiger partial charge in [-0.15, -0.1) is 12.4 Å². The van der Waals surface area contributed by atoms with Crippen molar-refractivity contribution in [1.82, 2.24) is 5.32 Å². The number of fused-ring (bicyclic) bond motifs is 5. The first-order valence-corrected chi connectivity index (χ1v) is 16.8. The van der Waals surface area contributed by atoms with Crippen LogP contribution >= 0.6 is 12.4 Å². The SMILES string of the molecule is CC(=O)OC1CCC2(C)C(=CCC3C4CCC(=O)C4(C)CCC32)C1.CNCCC(Oc1ccc(C(F)(F)F)cc1)c1ccccc1.Cl. The molecule has 3 fully saturated rings. The Kier molecular flexibility index (Phi) is 11.9. The van der Waals surface area contributed by atoms with Gasteiger partial charge in [0.2, 0.25) is 0 Å². The zero-order valence-corrected chi connectivity index (χ0v) is 28.7. The third kappa shape index (κ3) is 8.07. The summed E-state index contributed by atoms with van der Waals surface area (Å²) in [5.74, 6) is 2.76. The van der Waals surface area contributed by atoms with Gasteiger partial charge in [-0.2, -0.15) is 13.2 Å². The second-order valence-electron chi connectivity index (χ2n) is 14.1. The number of carbonyl (C=O) groups is 2. The first-order chi connectivity index (χ1) is 21.8. The van der Waals surface area contributed by atoms with E-state index in [0.717, 1.165) is 75.6 Å². The molecule has 2 aromatic rings. The van der Waals surface area contributed by atoms with Gasteiger partial charge >= 0.3 is 12.1 Å². The van der Waals surface area contributed by atoms with Crippen LogP contribution in [0.4, 0.5) is 13.2 Å². The topological polar surface area (TPSA) is 64.6 Å². The smallest absolute Gasteiger partial charge is 0.416 e. The normalized spacial score (nSPS) is 30.2. The summed E-state index contributed by atoms with van der Waals surface area (Å²) in [5, 5.41) is 3.05. The van der Waals surface area contributed by atoms with E-state index in [1.54, 1.807) is 0 Å². The zero-order valence-electron chi connectivity index (χ0n) is 27.9. The summed E-state index contributed by atoms with van der Waals surface area (Å²) in [4.78, 5) is 23.7. The van der Waals surface area contributed by atoms with Gasteiger partial charge < -0.3 is 14.8 Å². The van der Waals surface area contributed by atoms with Crippen LogP contribution in [0.15, 0.2) is 66.2 Å². The Morgan fingerprint density at radius 2 is 1.64 bits per heavy atom. The van der Waals surface area contributed by atoms with E-state index in [-0.39, 0.29) is 41.4 Å². The molecule has 0 aromatic heterocycles. The molecule has 1 N–H and O–H groups in total. The van der Waals surface area contributed by atoms with E-state index in [4.69, 9.17) is 9.47 Å². The summed E-state index contributed by atoms with van der Waals surface area (Å²) in [7, 11) is 1.85. The Labute approximate surface area is 283 Å². The fraction of sp³-hybridized carbons (Fsp3) is 0.579.